The van der Waals surface area contributed by atoms with Crippen LogP contribution in [0, 0.1) is 6.42 Å². The fourth-order valence-corrected chi connectivity index (χ4v) is 1.55. The van der Waals surface area contributed by atoms with Crippen LogP contribution >= 0.6 is 0 Å². The van der Waals surface area contributed by atoms with E-state index >= 15 is 0 Å². The lowest BCUT2D eigenvalue weighted by molar-refractivity contribution is -0.137. The van der Waals surface area contributed by atoms with Crippen molar-refractivity contribution in [3.05, 3.63) is 77.7 Å². The first kappa shape index (κ1) is 11.6. The zero-order valence-electron chi connectivity index (χ0n) is 8.91. The van der Waals surface area contributed by atoms with Crippen LogP contribution in [0.2, 0.25) is 0 Å². The van der Waals surface area contributed by atoms with Crippen molar-refractivity contribution in [3.63, 3.8) is 0 Å². The molecule has 0 saturated heterocycles. The Morgan fingerprint density at radius 3 is 2.06 bits per heavy atom. The highest BCUT2D eigenvalue weighted by Gasteiger charge is 2.31. The summed E-state index contributed by atoms with van der Waals surface area (Å²) in [7, 11) is 0. The normalized spacial score (nSPS) is 11.2. The van der Waals surface area contributed by atoms with E-state index in [0.717, 1.165) is 17.7 Å². The van der Waals surface area contributed by atoms with Crippen molar-refractivity contribution in [2.45, 2.75) is 6.18 Å². The number of benzene rings is 2. The van der Waals surface area contributed by atoms with Gasteiger partial charge in [-0.15, -0.1) is 0 Å². The van der Waals surface area contributed by atoms with E-state index in [1.165, 1.54) is 6.07 Å². The van der Waals surface area contributed by atoms with Crippen LogP contribution < -0.4 is 0 Å². The molecule has 0 fully saturated rings. The monoisotopic (exact) mass is 235 g/mol. The highest BCUT2D eigenvalue weighted by molar-refractivity contribution is 5.39. The van der Waals surface area contributed by atoms with E-state index in [2.05, 4.69) is 0 Å². The molecule has 0 N–H and O–H groups in total. The van der Waals surface area contributed by atoms with Gasteiger partial charge in [-0.25, -0.2) is 0 Å². The second-order valence-corrected chi connectivity index (χ2v) is 3.68. The van der Waals surface area contributed by atoms with Crippen molar-refractivity contribution in [2.75, 3.05) is 0 Å². The van der Waals surface area contributed by atoms with Crippen molar-refractivity contribution in [3.8, 4) is 0 Å². The maximum absolute atomic E-state index is 12.5. The minimum Gasteiger partial charge on any atom is -0.165 e. The maximum Gasteiger partial charge on any atom is 0.423 e. The Kier molecular flexibility index (Phi) is 3.09. The van der Waals surface area contributed by atoms with E-state index in [1.54, 1.807) is 12.5 Å². The minimum atomic E-state index is -4.29. The van der Waals surface area contributed by atoms with E-state index in [9.17, 15) is 13.2 Å². The molecule has 3 heteroatoms. The topological polar surface area (TPSA) is 0 Å². The molecule has 0 heterocycles. The fraction of sp³-hybridized carbons (Fsp3) is 0.0714. The first-order valence-corrected chi connectivity index (χ1v) is 5.13. The predicted octanol–water partition coefficient (Wildman–Crippen LogP) is 4.31. The molecule has 2 rings (SSSR count). The molecular formula is C14H10F3+. The van der Waals surface area contributed by atoms with Gasteiger partial charge >= 0.3 is 6.18 Å². The maximum atomic E-state index is 12.5. The first-order chi connectivity index (χ1) is 8.05. The zero-order valence-corrected chi connectivity index (χ0v) is 8.91. The zero-order chi connectivity index (χ0) is 12.3. The van der Waals surface area contributed by atoms with Gasteiger partial charge < -0.3 is 0 Å². The number of alkyl halides is 3. The molecule has 0 unspecified atom stereocenters. The van der Waals surface area contributed by atoms with Gasteiger partial charge in [0.25, 0.3) is 0 Å². The van der Waals surface area contributed by atoms with E-state index in [-0.39, 0.29) is 0 Å². The molecule has 0 radical (unpaired) electrons. The van der Waals surface area contributed by atoms with Crippen molar-refractivity contribution < 1.29 is 13.2 Å². The van der Waals surface area contributed by atoms with Crippen LogP contribution in [0.25, 0.3) is 0 Å². The lowest BCUT2D eigenvalue weighted by atomic mass is 10.0. The Labute approximate surface area is 97.7 Å². The quantitative estimate of drug-likeness (QED) is 0.680. The summed E-state index contributed by atoms with van der Waals surface area (Å²) in [5.41, 5.74) is 0.806. The van der Waals surface area contributed by atoms with Gasteiger partial charge in [0.1, 0.15) is 0 Å². The van der Waals surface area contributed by atoms with Crippen LogP contribution in [0.5, 0.6) is 0 Å². The average Bonchev–Trinajstić information content (AvgIpc) is 2.29. The fourth-order valence-electron chi connectivity index (χ4n) is 1.55. The molecule has 0 amide bonds. The van der Waals surface area contributed by atoms with Gasteiger partial charge in [-0.3, -0.25) is 0 Å². The summed E-state index contributed by atoms with van der Waals surface area (Å²) in [5.74, 6) is 0. The standard InChI is InChI=1S/C14H10F3/c15-14(16,17)13-8-4-7-12(10-13)9-11-5-2-1-3-6-11/h1-10H/q+1. The van der Waals surface area contributed by atoms with Gasteiger partial charge in [0, 0.05) is 30.7 Å². The second kappa shape index (κ2) is 4.53. The molecule has 0 aromatic heterocycles. The summed E-state index contributed by atoms with van der Waals surface area (Å²) >= 11 is 0. The van der Waals surface area contributed by atoms with Gasteiger partial charge in [0.05, 0.1) is 16.7 Å². The highest BCUT2D eigenvalue weighted by atomic mass is 19.4. The molecule has 2 aromatic carbocycles. The van der Waals surface area contributed by atoms with E-state index in [4.69, 9.17) is 0 Å². The van der Waals surface area contributed by atoms with Crippen molar-refractivity contribution in [1.29, 1.82) is 0 Å². The molecule has 0 spiro atoms. The van der Waals surface area contributed by atoms with Crippen LogP contribution in [0.15, 0.2) is 54.6 Å². The number of hydrogen-bond donors (Lipinski definition) is 0. The van der Waals surface area contributed by atoms with E-state index in [0.29, 0.717) is 5.56 Å². The first-order valence-electron chi connectivity index (χ1n) is 5.13. The summed E-state index contributed by atoms with van der Waals surface area (Å²) < 4.78 is 37.5. The average molecular weight is 235 g/mol. The van der Waals surface area contributed by atoms with Crippen molar-refractivity contribution >= 4 is 0 Å². The lowest BCUT2D eigenvalue weighted by Crippen LogP contribution is -2.05. The van der Waals surface area contributed by atoms with Gasteiger partial charge in [-0.05, 0) is 30.3 Å². The molecule has 0 saturated carbocycles. The van der Waals surface area contributed by atoms with Crippen molar-refractivity contribution in [2.24, 2.45) is 0 Å². The molecule has 0 aliphatic heterocycles. The van der Waals surface area contributed by atoms with Crippen LogP contribution in [-0.4, -0.2) is 0 Å². The molecule has 0 bridgehead atoms. The van der Waals surface area contributed by atoms with Crippen LogP contribution in [0.1, 0.15) is 16.7 Å². The molecule has 2 aromatic rings. The number of hydrogen-bond acceptors (Lipinski definition) is 0. The summed E-state index contributed by atoms with van der Waals surface area (Å²) in [4.78, 5) is 0. The third kappa shape index (κ3) is 3.03. The summed E-state index contributed by atoms with van der Waals surface area (Å²) in [6.45, 7) is 0. The van der Waals surface area contributed by atoms with Crippen LogP contribution in [0.4, 0.5) is 13.2 Å². The van der Waals surface area contributed by atoms with E-state index < -0.39 is 11.7 Å². The SMILES string of the molecule is FC(F)(F)c1cccc([CH+]c2ccccc2)c1. The van der Waals surface area contributed by atoms with E-state index in [1.807, 2.05) is 30.3 Å². The molecule has 0 aliphatic carbocycles. The summed E-state index contributed by atoms with van der Waals surface area (Å²) in [6, 6.07) is 14.5. The van der Waals surface area contributed by atoms with Crippen LogP contribution in [-0.2, 0) is 6.18 Å². The third-order valence-electron chi connectivity index (χ3n) is 2.35. The Morgan fingerprint density at radius 2 is 1.41 bits per heavy atom. The summed E-state index contributed by atoms with van der Waals surface area (Å²) in [6.07, 6.45) is -2.57. The Hall–Kier alpha value is -1.90. The summed E-state index contributed by atoms with van der Waals surface area (Å²) in [5, 5.41) is 0. The smallest absolute Gasteiger partial charge is 0.165 e. The Balaban J connectivity index is 2.23. The molecule has 0 atom stereocenters. The van der Waals surface area contributed by atoms with Gasteiger partial charge in [-0.1, -0.05) is 0 Å². The molecule has 0 aliphatic rings. The highest BCUT2D eigenvalue weighted by Crippen LogP contribution is 2.30. The number of rotatable bonds is 2. The Bertz CT molecular complexity index is 486. The van der Waals surface area contributed by atoms with Crippen molar-refractivity contribution in [1.82, 2.24) is 0 Å². The van der Waals surface area contributed by atoms with Gasteiger partial charge in [-0.2, -0.15) is 13.2 Å². The molecule has 0 nitrogen and oxygen atoms in total. The molecule has 17 heavy (non-hydrogen) atoms. The third-order valence-corrected chi connectivity index (χ3v) is 2.35. The lowest BCUT2D eigenvalue weighted by Gasteiger charge is -2.05. The largest absolute Gasteiger partial charge is 0.423 e. The number of halogens is 3. The predicted molar refractivity (Wildman–Crippen MR) is 60.4 cm³/mol. The Morgan fingerprint density at radius 1 is 0.765 bits per heavy atom. The van der Waals surface area contributed by atoms with Crippen LogP contribution in [0.3, 0.4) is 0 Å². The van der Waals surface area contributed by atoms with Gasteiger partial charge in [0.15, 0.2) is 0 Å². The minimum absolute atomic E-state index is 0.547. The van der Waals surface area contributed by atoms with Gasteiger partial charge in [0.2, 0.25) is 0 Å². The molecule has 86 valence electrons. The second-order valence-electron chi connectivity index (χ2n) is 3.68. The molecular weight excluding hydrogens is 225 g/mol.